The van der Waals surface area contributed by atoms with Crippen molar-refractivity contribution in [1.29, 1.82) is 0 Å². The molecule has 1 aliphatic rings. The van der Waals surface area contributed by atoms with Gasteiger partial charge < -0.3 is 10.0 Å². The number of amides is 1. The maximum atomic E-state index is 13.0. The molecule has 0 spiro atoms. The number of aromatic nitrogens is 2. The van der Waals surface area contributed by atoms with Crippen LogP contribution >= 0.6 is 11.6 Å². The largest absolute Gasteiger partial charge is 0.426 e. The number of piperidine rings is 1. The van der Waals surface area contributed by atoms with Gasteiger partial charge in [-0.25, -0.2) is 4.68 Å². The molecule has 2 aromatic rings. The topological polar surface area (TPSA) is 58.4 Å². The highest BCUT2D eigenvalue weighted by Crippen LogP contribution is 2.37. The molecule has 0 unspecified atom stereocenters. The molecule has 5 nitrogen and oxygen atoms in total. The second-order valence-electron chi connectivity index (χ2n) is 7.34. The Hall–Kier alpha value is -2.06. The van der Waals surface area contributed by atoms with Crippen molar-refractivity contribution in [3.05, 3.63) is 47.2 Å². The molecule has 1 aliphatic heterocycles. The molecule has 9 heteroatoms. The molecule has 2 heterocycles. The summed E-state index contributed by atoms with van der Waals surface area (Å²) < 4.78 is 40.7. The van der Waals surface area contributed by atoms with Crippen LogP contribution in [0.1, 0.15) is 31.9 Å². The first-order chi connectivity index (χ1) is 13.0. The zero-order valence-corrected chi connectivity index (χ0v) is 16.2. The van der Waals surface area contributed by atoms with Crippen LogP contribution in [-0.4, -0.2) is 50.6 Å². The van der Waals surface area contributed by atoms with Gasteiger partial charge in [-0.3, -0.25) is 4.79 Å². The predicted molar refractivity (Wildman–Crippen MR) is 98.4 cm³/mol. The van der Waals surface area contributed by atoms with Gasteiger partial charge in [0.1, 0.15) is 0 Å². The Balaban J connectivity index is 1.78. The molecule has 1 fully saturated rings. The summed E-state index contributed by atoms with van der Waals surface area (Å²) in [6, 6.07) is 9.06. The summed E-state index contributed by atoms with van der Waals surface area (Å²) in [4.78, 5) is 13.3. The van der Waals surface area contributed by atoms with E-state index in [0.717, 1.165) is 16.3 Å². The lowest BCUT2D eigenvalue weighted by Gasteiger charge is -2.40. The normalized spacial score (nSPS) is 22.8. The number of halogens is 4. The van der Waals surface area contributed by atoms with Crippen LogP contribution in [0.5, 0.6) is 0 Å². The van der Waals surface area contributed by atoms with Gasteiger partial charge in [0.05, 0.1) is 5.69 Å². The van der Waals surface area contributed by atoms with E-state index in [1.165, 1.54) is 0 Å². The van der Waals surface area contributed by atoms with E-state index in [2.05, 4.69) is 5.10 Å². The van der Waals surface area contributed by atoms with E-state index in [1.54, 1.807) is 23.0 Å². The monoisotopic (exact) mass is 415 g/mol. The van der Waals surface area contributed by atoms with Crippen molar-refractivity contribution >= 4 is 17.5 Å². The third-order valence-corrected chi connectivity index (χ3v) is 5.54. The highest BCUT2D eigenvalue weighted by Gasteiger charge is 2.57. The van der Waals surface area contributed by atoms with Crippen molar-refractivity contribution in [2.24, 2.45) is 5.92 Å². The zero-order valence-electron chi connectivity index (χ0n) is 15.4. The molecule has 1 saturated heterocycles. The van der Waals surface area contributed by atoms with Crippen LogP contribution in [0.2, 0.25) is 5.02 Å². The van der Waals surface area contributed by atoms with Gasteiger partial charge in [0, 0.05) is 35.9 Å². The number of hydrogen-bond donors (Lipinski definition) is 1. The van der Waals surface area contributed by atoms with Crippen LogP contribution in [0.15, 0.2) is 36.5 Å². The Morgan fingerprint density at radius 1 is 1.25 bits per heavy atom. The smallest absolute Gasteiger partial charge is 0.373 e. The standard InChI is InChI=1S/C19H21ClF3N3O2/c1-12-11-25(17(27)18(2,28)19(21,22)23)10-8-15(12)16-7-9-24-26(16)14-5-3-13(20)4-6-14/h3-7,9,12,15,28H,8,10-11H2,1-2H3/t12-,15+,18-/m1/s1. The average molecular weight is 416 g/mol. The van der Waals surface area contributed by atoms with Crippen LogP contribution in [0.3, 0.4) is 0 Å². The molecule has 28 heavy (non-hydrogen) atoms. The number of alkyl halides is 3. The Morgan fingerprint density at radius 3 is 2.46 bits per heavy atom. The minimum absolute atomic E-state index is 0.0121. The lowest BCUT2D eigenvalue weighted by atomic mass is 9.83. The number of nitrogens with zero attached hydrogens (tertiary/aromatic N) is 3. The highest BCUT2D eigenvalue weighted by atomic mass is 35.5. The molecule has 1 amide bonds. The van der Waals surface area contributed by atoms with E-state index < -0.39 is 17.7 Å². The first-order valence-electron chi connectivity index (χ1n) is 8.90. The second-order valence-corrected chi connectivity index (χ2v) is 7.77. The van der Waals surface area contributed by atoms with Crippen LogP contribution in [0.4, 0.5) is 13.2 Å². The number of benzene rings is 1. The molecule has 152 valence electrons. The van der Waals surface area contributed by atoms with Gasteiger partial charge in [-0.1, -0.05) is 18.5 Å². The number of likely N-dealkylation sites (tertiary alicyclic amines) is 1. The van der Waals surface area contributed by atoms with Crippen LogP contribution in [0, 0.1) is 5.92 Å². The fourth-order valence-corrected chi connectivity index (χ4v) is 3.72. The van der Waals surface area contributed by atoms with E-state index in [9.17, 15) is 23.1 Å². The predicted octanol–water partition coefficient (Wildman–Crippen LogP) is 3.79. The van der Waals surface area contributed by atoms with E-state index in [4.69, 9.17) is 11.6 Å². The molecule has 0 bridgehead atoms. The zero-order chi connectivity index (χ0) is 20.7. The lowest BCUT2D eigenvalue weighted by Crippen LogP contribution is -2.58. The van der Waals surface area contributed by atoms with Crippen LogP contribution < -0.4 is 0 Å². The summed E-state index contributed by atoms with van der Waals surface area (Å²) in [6.45, 7) is 2.64. The molecule has 3 atom stereocenters. The van der Waals surface area contributed by atoms with Crippen molar-refractivity contribution in [3.8, 4) is 5.69 Å². The van der Waals surface area contributed by atoms with Crippen molar-refractivity contribution in [1.82, 2.24) is 14.7 Å². The number of hydrogen-bond acceptors (Lipinski definition) is 3. The third kappa shape index (κ3) is 3.75. The Kier molecular flexibility index (Phi) is 5.46. The van der Waals surface area contributed by atoms with Gasteiger partial charge in [0.2, 0.25) is 5.60 Å². The Morgan fingerprint density at radius 2 is 1.89 bits per heavy atom. The van der Waals surface area contributed by atoms with Gasteiger partial charge >= 0.3 is 6.18 Å². The van der Waals surface area contributed by atoms with Crippen molar-refractivity contribution < 1.29 is 23.1 Å². The quantitative estimate of drug-likeness (QED) is 0.829. The van der Waals surface area contributed by atoms with Gasteiger partial charge in [0.15, 0.2) is 0 Å². The first-order valence-corrected chi connectivity index (χ1v) is 9.28. The minimum Gasteiger partial charge on any atom is -0.373 e. The van der Waals surface area contributed by atoms with Gasteiger partial charge in [-0.15, -0.1) is 0 Å². The maximum Gasteiger partial charge on any atom is 0.426 e. The highest BCUT2D eigenvalue weighted by molar-refractivity contribution is 6.30. The summed E-state index contributed by atoms with van der Waals surface area (Å²) >= 11 is 5.93. The molecule has 3 rings (SSSR count). The maximum absolute atomic E-state index is 13.0. The van der Waals surface area contributed by atoms with Gasteiger partial charge in [0.25, 0.3) is 5.91 Å². The number of rotatable bonds is 3. The lowest BCUT2D eigenvalue weighted by molar-refractivity contribution is -0.250. The fraction of sp³-hybridized carbons (Fsp3) is 0.474. The van der Waals surface area contributed by atoms with E-state index in [-0.39, 0.29) is 24.9 Å². The molecule has 0 saturated carbocycles. The number of aliphatic hydroxyl groups is 1. The first kappa shape index (κ1) is 20.7. The van der Waals surface area contributed by atoms with E-state index in [1.807, 2.05) is 25.1 Å². The van der Waals surface area contributed by atoms with E-state index >= 15 is 0 Å². The van der Waals surface area contributed by atoms with Gasteiger partial charge in [-0.05, 0) is 49.6 Å². The summed E-state index contributed by atoms with van der Waals surface area (Å²) in [6.07, 6.45) is -2.87. The van der Waals surface area contributed by atoms with Crippen LogP contribution in [0.25, 0.3) is 5.69 Å². The molecular formula is C19H21ClF3N3O2. The summed E-state index contributed by atoms with van der Waals surface area (Å²) in [5.74, 6) is -1.40. The van der Waals surface area contributed by atoms with Crippen molar-refractivity contribution in [3.63, 3.8) is 0 Å². The molecular weight excluding hydrogens is 395 g/mol. The Bertz CT molecular complexity index is 849. The average Bonchev–Trinajstić information content (AvgIpc) is 3.10. The van der Waals surface area contributed by atoms with Gasteiger partial charge in [-0.2, -0.15) is 18.3 Å². The SMILES string of the molecule is C[C@@H]1CN(C(=O)[C@@](C)(O)C(F)(F)F)CC[C@@H]1c1ccnn1-c1ccc(Cl)cc1. The molecule has 0 aliphatic carbocycles. The Labute approximate surface area is 165 Å². The summed E-state index contributed by atoms with van der Waals surface area (Å²) in [5, 5.41) is 14.6. The van der Waals surface area contributed by atoms with Crippen molar-refractivity contribution in [2.75, 3.05) is 13.1 Å². The fourth-order valence-electron chi connectivity index (χ4n) is 3.59. The van der Waals surface area contributed by atoms with Crippen molar-refractivity contribution in [2.45, 2.75) is 38.0 Å². The molecule has 0 radical (unpaired) electrons. The summed E-state index contributed by atoms with van der Waals surface area (Å²) in [5.41, 5.74) is -1.63. The summed E-state index contributed by atoms with van der Waals surface area (Å²) in [7, 11) is 0. The van der Waals surface area contributed by atoms with E-state index in [0.29, 0.717) is 18.4 Å². The molecule has 1 aromatic carbocycles. The van der Waals surface area contributed by atoms with Crippen LogP contribution in [-0.2, 0) is 4.79 Å². The molecule has 1 aromatic heterocycles. The second kappa shape index (κ2) is 7.40. The third-order valence-electron chi connectivity index (χ3n) is 5.28. The number of carbonyl (C=O) groups excluding carboxylic acids is 1. The number of carbonyl (C=O) groups is 1. The minimum atomic E-state index is -5.02. The molecule has 1 N–H and O–H groups in total.